The number of carbonyl (C=O) groups is 1. The third-order valence-corrected chi connectivity index (χ3v) is 7.09. The lowest BCUT2D eigenvalue weighted by Crippen LogP contribution is -2.25. The maximum Gasteiger partial charge on any atom is 0.265 e. The lowest BCUT2D eigenvalue weighted by molar-refractivity contribution is 0.0751. The number of halogens is 3. The highest BCUT2D eigenvalue weighted by Gasteiger charge is 2.31. The van der Waals surface area contributed by atoms with E-state index in [0.717, 1.165) is 17.7 Å². The van der Waals surface area contributed by atoms with Gasteiger partial charge in [0, 0.05) is 30.3 Å². The molecule has 31 heavy (non-hydrogen) atoms. The normalized spacial score (nSPS) is 16.2. The van der Waals surface area contributed by atoms with Crippen LogP contribution in [-0.4, -0.2) is 24.3 Å². The van der Waals surface area contributed by atoms with E-state index in [-0.39, 0.29) is 29.2 Å². The highest BCUT2D eigenvalue weighted by atomic mass is 35.5. The van der Waals surface area contributed by atoms with Gasteiger partial charge in [-0.2, -0.15) is 0 Å². The molecule has 1 amide bonds. The molecule has 6 bridgehead atoms. The molecule has 2 aliphatic heterocycles. The van der Waals surface area contributed by atoms with E-state index in [1.54, 1.807) is 18.2 Å². The van der Waals surface area contributed by atoms with E-state index in [4.69, 9.17) is 11.6 Å². The lowest BCUT2D eigenvalue weighted by atomic mass is 9.96. The second kappa shape index (κ2) is 6.66. The van der Waals surface area contributed by atoms with Crippen LogP contribution in [0.1, 0.15) is 21.5 Å². The number of carbonyl (C=O) groups excluding carboxylic acids is 1. The summed E-state index contributed by atoms with van der Waals surface area (Å²) in [5.74, 6) is -3.31. The van der Waals surface area contributed by atoms with Gasteiger partial charge in [0.15, 0.2) is 5.75 Å². The lowest BCUT2D eigenvalue weighted by Gasteiger charge is -2.17. The average molecular weight is 463 g/mol. The SMILES string of the molecule is O=C1c2cc(Cl)c(O)c(c2)S(=O)(=O)Nc2cc(c(F)cc2F)-c2cccc3c2CN1C3. The third-order valence-electron chi connectivity index (χ3n) is 5.43. The summed E-state index contributed by atoms with van der Waals surface area (Å²) in [5.41, 5.74) is 1.32. The molecule has 0 fully saturated rings. The summed E-state index contributed by atoms with van der Waals surface area (Å²) >= 11 is 5.99. The predicted octanol–water partition coefficient (Wildman–Crippen LogP) is 4.26. The Morgan fingerprint density at radius 1 is 1.03 bits per heavy atom. The average Bonchev–Trinajstić information content (AvgIpc) is 3.15. The van der Waals surface area contributed by atoms with Crippen LogP contribution in [0.15, 0.2) is 47.4 Å². The zero-order valence-electron chi connectivity index (χ0n) is 15.6. The molecule has 6 nitrogen and oxygen atoms in total. The Labute approximate surface area is 180 Å². The molecular formula is C21H13ClF2N2O4S. The largest absolute Gasteiger partial charge is 0.505 e. The summed E-state index contributed by atoms with van der Waals surface area (Å²) in [5, 5.41) is 9.89. The van der Waals surface area contributed by atoms with Gasteiger partial charge < -0.3 is 10.0 Å². The molecule has 0 saturated heterocycles. The van der Waals surface area contributed by atoms with Crippen molar-refractivity contribution in [1.29, 1.82) is 0 Å². The van der Waals surface area contributed by atoms with Crippen molar-refractivity contribution in [3.05, 3.63) is 75.8 Å². The molecule has 0 radical (unpaired) electrons. The number of benzene rings is 3. The molecule has 3 aromatic carbocycles. The van der Waals surface area contributed by atoms with Crippen molar-refractivity contribution in [3.8, 4) is 16.9 Å². The number of sulfonamides is 1. The monoisotopic (exact) mass is 462 g/mol. The number of rotatable bonds is 0. The van der Waals surface area contributed by atoms with Crippen LogP contribution in [-0.2, 0) is 23.1 Å². The maximum atomic E-state index is 14.7. The number of hydrogen-bond donors (Lipinski definition) is 2. The molecule has 2 N–H and O–H groups in total. The number of anilines is 1. The number of aromatic hydroxyl groups is 1. The van der Waals surface area contributed by atoms with Crippen molar-refractivity contribution in [3.63, 3.8) is 0 Å². The Morgan fingerprint density at radius 3 is 2.58 bits per heavy atom. The van der Waals surface area contributed by atoms with Crippen LogP contribution in [0.3, 0.4) is 0 Å². The number of nitrogens with zero attached hydrogens (tertiary/aromatic N) is 1. The molecule has 10 heteroatoms. The standard InChI is InChI=1S/C21H13ClF2N2O4S/c22-15-4-11-5-19(20(15)27)31(29,30)25-18-6-13(16(23)7-17(18)24)12-3-1-2-10-8-26(21(11)28)9-14(10)12/h1-7,25,27H,8-9H2. The van der Waals surface area contributed by atoms with Gasteiger partial charge in [0.25, 0.3) is 15.9 Å². The molecule has 3 aromatic rings. The van der Waals surface area contributed by atoms with Crippen LogP contribution >= 0.6 is 11.6 Å². The predicted molar refractivity (Wildman–Crippen MR) is 109 cm³/mol. The van der Waals surface area contributed by atoms with Crippen LogP contribution in [0, 0.1) is 11.6 Å². The molecule has 2 heterocycles. The second-order valence-corrected chi connectivity index (χ2v) is 9.38. The molecule has 158 valence electrons. The quantitative estimate of drug-likeness (QED) is 0.522. The van der Waals surface area contributed by atoms with Gasteiger partial charge in [-0.25, -0.2) is 17.2 Å². The van der Waals surface area contributed by atoms with Crippen molar-refractivity contribution >= 4 is 33.2 Å². The molecular weight excluding hydrogens is 450 g/mol. The summed E-state index contributed by atoms with van der Waals surface area (Å²) in [6.45, 7) is 0.362. The first-order valence-electron chi connectivity index (χ1n) is 9.10. The molecule has 0 spiro atoms. The van der Waals surface area contributed by atoms with Crippen LogP contribution in [0.2, 0.25) is 5.02 Å². The number of fused-ring (bicyclic) bond motifs is 6. The van der Waals surface area contributed by atoms with E-state index in [1.165, 1.54) is 11.0 Å². The van der Waals surface area contributed by atoms with E-state index in [2.05, 4.69) is 0 Å². The van der Waals surface area contributed by atoms with Crippen LogP contribution in [0.4, 0.5) is 14.5 Å². The number of phenols is 1. The molecule has 0 aliphatic carbocycles. The minimum absolute atomic E-state index is 0.0153. The van der Waals surface area contributed by atoms with Crippen molar-refractivity contribution < 1.29 is 27.1 Å². The number of hydrogen-bond acceptors (Lipinski definition) is 4. The smallest absolute Gasteiger partial charge is 0.265 e. The maximum absolute atomic E-state index is 14.7. The molecule has 0 unspecified atom stereocenters. The molecule has 2 aliphatic rings. The van der Waals surface area contributed by atoms with Crippen molar-refractivity contribution in [2.75, 3.05) is 4.72 Å². The van der Waals surface area contributed by atoms with E-state index in [0.29, 0.717) is 17.2 Å². The summed E-state index contributed by atoms with van der Waals surface area (Å²) < 4.78 is 57.0. The summed E-state index contributed by atoms with van der Waals surface area (Å²) in [7, 11) is -4.57. The Bertz CT molecular complexity index is 1410. The Hall–Kier alpha value is -3.17. The minimum atomic E-state index is -4.57. The topological polar surface area (TPSA) is 86.7 Å². The number of phenolic OH excluding ortho intramolecular Hbond substituents is 1. The van der Waals surface area contributed by atoms with Gasteiger partial charge in [-0.05, 0) is 34.9 Å². The van der Waals surface area contributed by atoms with Gasteiger partial charge in [-0.1, -0.05) is 29.8 Å². The molecule has 5 rings (SSSR count). The Balaban J connectivity index is 1.84. The summed E-state index contributed by atoms with van der Waals surface area (Å²) in [6.07, 6.45) is 0. The van der Waals surface area contributed by atoms with Crippen molar-refractivity contribution in [2.45, 2.75) is 18.0 Å². The fraction of sp³-hybridized carbons (Fsp3) is 0.0952. The fourth-order valence-corrected chi connectivity index (χ4v) is 5.41. The van der Waals surface area contributed by atoms with E-state index in [1.807, 2.05) is 4.72 Å². The van der Waals surface area contributed by atoms with Gasteiger partial charge in [-0.3, -0.25) is 9.52 Å². The van der Waals surface area contributed by atoms with Gasteiger partial charge in [0.2, 0.25) is 0 Å². The first-order valence-corrected chi connectivity index (χ1v) is 11.0. The van der Waals surface area contributed by atoms with Crippen LogP contribution in [0.5, 0.6) is 5.75 Å². The van der Waals surface area contributed by atoms with Crippen LogP contribution < -0.4 is 4.72 Å². The summed E-state index contributed by atoms with van der Waals surface area (Å²) in [6, 6.07) is 8.92. The zero-order chi connectivity index (χ0) is 22.1. The van der Waals surface area contributed by atoms with Gasteiger partial charge in [-0.15, -0.1) is 0 Å². The van der Waals surface area contributed by atoms with E-state index < -0.39 is 43.9 Å². The van der Waals surface area contributed by atoms with Gasteiger partial charge in [0.05, 0.1) is 10.7 Å². The molecule has 0 saturated carbocycles. The first-order chi connectivity index (χ1) is 14.7. The van der Waals surface area contributed by atoms with Gasteiger partial charge >= 0.3 is 0 Å². The van der Waals surface area contributed by atoms with Gasteiger partial charge in [0.1, 0.15) is 16.5 Å². The fourth-order valence-electron chi connectivity index (χ4n) is 3.94. The van der Waals surface area contributed by atoms with Crippen LogP contribution in [0.25, 0.3) is 11.1 Å². The Kier molecular flexibility index (Phi) is 4.25. The molecule has 0 aromatic heterocycles. The highest BCUT2D eigenvalue weighted by molar-refractivity contribution is 7.92. The third kappa shape index (κ3) is 3.03. The van der Waals surface area contributed by atoms with Crippen molar-refractivity contribution in [2.24, 2.45) is 0 Å². The highest BCUT2D eigenvalue weighted by Crippen LogP contribution is 2.39. The Morgan fingerprint density at radius 2 is 1.81 bits per heavy atom. The number of amides is 1. The second-order valence-electron chi connectivity index (χ2n) is 7.33. The number of nitrogens with one attached hydrogen (secondary N) is 1. The molecule has 0 atom stereocenters. The van der Waals surface area contributed by atoms with E-state index >= 15 is 0 Å². The van der Waals surface area contributed by atoms with Crippen molar-refractivity contribution in [1.82, 2.24) is 4.90 Å². The van der Waals surface area contributed by atoms with E-state index in [9.17, 15) is 27.1 Å². The first kappa shape index (κ1) is 19.8. The minimum Gasteiger partial charge on any atom is -0.505 e. The zero-order valence-corrected chi connectivity index (χ0v) is 17.2. The summed E-state index contributed by atoms with van der Waals surface area (Å²) in [4.78, 5) is 13.9.